The maximum absolute atomic E-state index is 5.65. The molecule has 0 unspecified atom stereocenters. The summed E-state index contributed by atoms with van der Waals surface area (Å²) in [5, 5.41) is 9.67. The van der Waals surface area contributed by atoms with Crippen LogP contribution in [0.15, 0.2) is 47.1 Å². The number of rotatable bonds is 1. The van der Waals surface area contributed by atoms with Crippen molar-refractivity contribution < 1.29 is 4.63 Å². The Hall–Kier alpha value is -2.36. The largest absolute Gasteiger partial charge is 0.379 e. The lowest BCUT2D eigenvalue weighted by molar-refractivity contribution is 0.310. The van der Waals surface area contributed by atoms with Gasteiger partial charge in [-0.25, -0.2) is 4.63 Å². The van der Waals surface area contributed by atoms with Crippen LogP contribution in [0.4, 0.5) is 5.82 Å². The maximum Gasteiger partial charge on any atom is 0.196 e. The fourth-order valence-electron chi connectivity index (χ4n) is 1.73. The van der Waals surface area contributed by atoms with Gasteiger partial charge in [0.05, 0.1) is 0 Å². The third-order valence-electron chi connectivity index (χ3n) is 2.54. The highest BCUT2D eigenvalue weighted by Gasteiger charge is 2.08. The van der Waals surface area contributed by atoms with Crippen molar-refractivity contribution in [3.05, 3.63) is 42.5 Å². The van der Waals surface area contributed by atoms with Gasteiger partial charge in [-0.05, 0) is 27.2 Å². The summed E-state index contributed by atoms with van der Waals surface area (Å²) < 4.78 is 4.59. The Morgan fingerprint density at radius 1 is 0.938 bits per heavy atom. The minimum absolute atomic E-state index is 0.315. The first-order valence-corrected chi connectivity index (χ1v) is 4.92. The van der Waals surface area contributed by atoms with Crippen molar-refractivity contribution in [1.29, 1.82) is 0 Å². The number of hydrogen-bond acceptors (Lipinski definition) is 4. The van der Waals surface area contributed by atoms with Crippen LogP contribution in [0.2, 0.25) is 0 Å². The zero-order valence-electron chi connectivity index (χ0n) is 8.42. The van der Waals surface area contributed by atoms with Gasteiger partial charge in [0.15, 0.2) is 11.5 Å². The van der Waals surface area contributed by atoms with Gasteiger partial charge in [0.2, 0.25) is 0 Å². The summed E-state index contributed by atoms with van der Waals surface area (Å²) in [6.07, 6.45) is 0. The molecule has 78 valence electrons. The highest BCUT2D eigenvalue weighted by molar-refractivity contribution is 5.87. The number of hydrogen-bond donors (Lipinski definition) is 1. The van der Waals surface area contributed by atoms with Crippen LogP contribution in [0, 0.1) is 0 Å². The van der Waals surface area contributed by atoms with Gasteiger partial charge in [-0.15, -0.1) is 0 Å². The summed E-state index contributed by atoms with van der Waals surface area (Å²) in [6, 6.07) is 14.1. The number of benzene rings is 2. The number of aromatic nitrogens is 2. The van der Waals surface area contributed by atoms with E-state index in [1.807, 2.05) is 36.4 Å². The quantitative estimate of drug-likeness (QED) is 0.671. The van der Waals surface area contributed by atoms with Crippen LogP contribution in [0.5, 0.6) is 0 Å². The summed E-state index contributed by atoms with van der Waals surface area (Å²) >= 11 is 0. The van der Waals surface area contributed by atoms with Gasteiger partial charge in [-0.1, -0.05) is 36.4 Å². The second-order valence-corrected chi connectivity index (χ2v) is 3.56. The first-order chi connectivity index (χ1) is 7.84. The topological polar surface area (TPSA) is 64.9 Å². The van der Waals surface area contributed by atoms with Crippen LogP contribution in [0.3, 0.4) is 0 Å². The fraction of sp³-hybridized carbons (Fsp3) is 0. The standard InChI is InChI=1S/C12H9N3O/c13-12-11(14-16-15-12)10-6-5-8-3-1-2-4-9(8)7-10/h1-7H,(H2,13,15). The number of nitrogens with two attached hydrogens (primary N) is 1. The fourth-order valence-corrected chi connectivity index (χ4v) is 1.73. The second-order valence-electron chi connectivity index (χ2n) is 3.56. The van der Waals surface area contributed by atoms with E-state index in [9.17, 15) is 0 Å². The van der Waals surface area contributed by atoms with Crippen LogP contribution in [-0.4, -0.2) is 10.3 Å². The van der Waals surface area contributed by atoms with Crippen LogP contribution in [0.25, 0.3) is 22.0 Å². The lowest BCUT2D eigenvalue weighted by Crippen LogP contribution is -1.88. The van der Waals surface area contributed by atoms with Crippen LogP contribution in [0.1, 0.15) is 0 Å². The van der Waals surface area contributed by atoms with Crippen molar-refractivity contribution in [2.45, 2.75) is 0 Å². The predicted octanol–water partition coefficient (Wildman–Crippen LogP) is 2.47. The molecule has 0 saturated carbocycles. The van der Waals surface area contributed by atoms with Crippen molar-refractivity contribution >= 4 is 16.6 Å². The highest BCUT2D eigenvalue weighted by atomic mass is 16.6. The van der Waals surface area contributed by atoms with Gasteiger partial charge in [-0.2, -0.15) is 0 Å². The molecule has 2 N–H and O–H groups in total. The van der Waals surface area contributed by atoms with Crippen molar-refractivity contribution in [3.8, 4) is 11.3 Å². The molecule has 0 atom stereocenters. The van der Waals surface area contributed by atoms with E-state index in [1.54, 1.807) is 0 Å². The summed E-state index contributed by atoms with van der Waals surface area (Å²) in [7, 11) is 0. The van der Waals surface area contributed by atoms with Crippen LogP contribution < -0.4 is 5.73 Å². The van der Waals surface area contributed by atoms with E-state index < -0.39 is 0 Å². The lowest BCUT2D eigenvalue weighted by atomic mass is 10.1. The molecule has 1 heterocycles. The SMILES string of the molecule is Nc1nonc1-c1ccc2ccccc2c1. The molecule has 16 heavy (non-hydrogen) atoms. The summed E-state index contributed by atoms with van der Waals surface area (Å²) in [5.74, 6) is 0.315. The number of anilines is 1. The van der Waals surface area contributed by atoms with Gasteiger partial charge in [-0.3, -0.25) is 0 Å². The molecule has 0 aliphatic rings. The molecule has 0 spiro atoms. The van der Waals surface area contributed by atoms with E-state index in [2.05, 4.69) is 21.0 Å². The summed E-state index contributed by atoms with van der Waals surface area (Å²) in [4.78, 5) is 0. The Labute approximate surface area is 91.6 Å². The van der Waals surface area contributed by atoms with Crippen molar-refractivity contribution in [1.82, 2.24) is 10.3 Å². The Balaban J connectivity index is 2.23. The molecule has 0 bridgehead atoms. The minimum Gasteiger partial charge on any atom is -0.379 e. The van der Waals surface area contributed by atoms with Gasteiger partial charge >= 0.3 is 0 Å². The molecule has 0 aliphatic carbocycles. The number of nitrogen functional groups attached to an aromatic ring is 1. The Bertz CT molecular complexity index is 645. The number of nitrogens with zero attached hydrogens (tertiary/aromatic N) is 2. The normalized spacial score (nSPS) is 10.8. The summed E-state index contributed by atoms with van der Waals surface area (Å²) in [5.41, 5.74) is 7.15. The molecule has 3 rings (SSSR count). The Kier molecular flexibility index (Phi) is 1.86. The Morgan fingerprint density at radius 2 is 1.75 bits per heavy atom. The highest BCUT2D eigenvalue weighted by Crippen LogP contribution is 2.25. The molecule has 0 saturated heterocycles. The molecule has 2 aromatic carbocycles. The minimum atomic E-state index is 0.315. The smallest absolute Gasteiger partial charge is 0.196 e. The van der Waals surface area contributed by atoms with Crippen LogP contribution >= 0.6 is 0 Å². The van der Waals surface area contributed by atoms with Gasteiger partial charge in [0.1, 0.15) is 0 Å². The van der Waals surface area contributed by atoms with E-state index in [0.29, 0.717) is 11.5 Å². The zero-order valence-corrected chi connectivity index (χ0v) is 8.42. The van der Waals surface area contributed by atoms with Gasteiger partial charge in [0.25, 0.3) is 0 Å². The Morgan fingerprint density at radius 3 is 2.50 bits per heavy atom. The molecule has 0 aliphatic heterocycles. The van der Waals surface area contributed by atoms with Crippen molar-refractivity contribution in [2.24, 2.45) is 0 Å². The molecule has 4 nitrogen and oxygen atoms in total. The van der Waals surface area contributed by atoms with Crippen LogP contribution in [-0.2, 0) is 0 Å². The average molecular weight is 211 g/mol. The third-order valence-corrected chi connectivity index (χ3v) is 2.54. The van der Waals surface area contributed by atoms with Gasteiger partial charge < -0.3 is 5.73 Å². The average Bonchev–Trinajstić information content (AvgIpc) is 2.75. The first kappa shape index (κ1) is 8.91. The lowest BCUT2D eigenvalue weighted by Gasteiger charge is -2.00. The molecule has 4 heteroatoms. The third kappa shape index (κ3) is 1.32. The molecule has 0 amide bonds. The zero-order chi connectivity index (χ0) is 11.0. The molecular formula is C12H9N3O. The molecule has 1 aromatic heterocycles. The summed E-state index contributed by atoms with van der Waals surface area (Å²) in [6.45, 7) is 0. The molecule has 0 fully saturated rings. The van der Waals surface area contributed by atoms with Gasteiger partial charge in [0, 0.05) is 5.56 Å². The maximum atomic E-state index is 5.65. The van der Waals surface area contributed by atoms with Crippen molar-refractivity contribution in [2.75, 3.05) is 5.73 Å². The molecular weight excluding hydrogens is 202 g/mol. The van der Waals surface area contributed by atoms with E-state index in [4.69, 9.17) is 5.73 Å². The van der Waals surface area contributed by atoms with Crippen molar-refractivity contribution in [3.63, 3.8) is 0 Å². The number of fused-ring (bicyclic) bond motifs is 1. The first-order valence-electron chi connectivity index (χ1n) is 4.92. The van der Waals surface area contributed by atoms with E-state index in [1.165, 1.54) is 5.39 Å². The second kappa shape index (κ2) is 3.34. The molecule has 0 radical (unpaired) electrons. The van der Waals surface area contributed by atoms with E-state index in [-0.39, 0.29) is 0 Å². The predicted molar refractivity (Wildman–Crippen MR) is 61.7 cm³/mol. The molecule has 3 aromatic rings. The van der Waals surface area contributed by atoms with E-state index >= 15 is 0 Å². The monoisotopic (exact) mass is 211 g/mol. The van der Waals surface area contributed by atoms with E-state index in [0.717, 1.165) is 10.9 Å².